The quantitative estimate of drug-likeness (QED) is 0.874. The van der Waals surface area contributed by atoms with Gasteiger partial charge in [-0.1, -0.05) is 19.9 Å². The Hall–Kier alpha value is -1.55. The van der Waals surface area contributed by atoms with Crippen LogP contribution in [-0.4, -0.2) is 24.1 Å². The van der Waals surface area contributed by atoms with Gasteiger partial charge in [0.25, 0.3) is 5.91 Å². The second-order valence-corrected chi connectivity index (χ2v) is 6.04. The summed E-state index contributed by atoms with van der Waals surface area (Å²) in [6.45, 7) is 8.68. The number of aryl methyl sites for hydroxylation is 2. The van der Waals surface area contributed by atoms with Crippen LogP contribution in [0.2, 0.25) is 0 Å². The van der Waals surface area contributed by atoms with Crippen molar-refractivity contribution in [2.45, 2.75) is 58.6 Å². The normalized spacial score (nSPS) is 17.3. The lowest BCUT2D eigenvalue weighted by atomic mass is 9.92. The van der Waals surface area contributed by atoms with E-state index in [0.717, 1.165) is 24.2 Å². The third kappa shape index (κ3) is 3.05. The molecule has 3 N–H and O–H groups in total. The highest BCUT2D eigenvalue weighted by molar-refractivity contribution is 5.83. The van der Waals surface area contributed by atoms with E-state index in [2.05, 4.69) is 25.2 Å². The molecule has 1 aromatic rings. The van der Waals surface area contributed by atoms with Gasteiger partial charge in [0.05, 0.1) is 5.54 Å². The number of nitrogens with one attached hydrogen (secondary N) is 1. The van der Waals surface area contributed by atoms with Crippen LogP contribution in [0.3, 0.4) is 0 Å². The predicted octanol–water partition coefficient (Wildman–Crippen LogP) is 2.24. The van der Waals surface area contributed by atoms with Gasteiger partial charge in [-0.2, -0.15) is 0 Å². The first-order chi connectivity index (χ1) is 9.94. The molecule has 0 fully saturated rings. The second kappa shape index (κ2) is 6.06. The molecular formula is C17H26N2O2. The molecule has 2 rings (SSSR count). The van der Waals surface area contributed by atoms with Crippen molar-refractivity contribution in [1.29, 1.82) is 0 Å². The van der Waals surface area contributed by atoms with Crippen LogP contribution < -0.4 is 15.8 Å². The second-order valence-electron chi connectivity index (χ2n) is 6.04. The molecule has 1 unspecified atom stereocenters. The van der Waals surface area contributed by atoms with Crippen molar-refractivity contribution in [3.63, 3.8) is 0 Å². The van der Waals surface area contributed by atoms with Crippen molar-refractivity contribution in [3.8, 4) is 5.75 Å². The summed E-state index contributed by atoms with van der Waals surface area (Å²) in [7, 11) is 0. The number of benzene rings is 1. The fourth-order valence-corrected chi connectivity index (χ4v) is 2.77. The fourth-order valence-electron chi connectivity index (χ4n) is 2.77. The Morgan fingerprint density at radius 1 is 1.33 bits per heavy atom. The highest BCUT2D eigenvalue weighted by atomic mass is 16.5. The van der Waals surface area contributed by atoms with E-state index in [4.69, 9.17) is 10.5 Å². The third-order valence-electron chi connectivity index (χ3n) is 4.78. The zero-order valence-electron chi connectivity index (χ0n) is 13.5. The molecule has 0 bridgehead atoms. The summed E-state index contributed by atoms with van der Waals surface area (Å²) in [4.78, 5) is 12.5. The van der Waals surface area contributed by atoms with E-state index in [0.29, 0.717) is 13.0 Å². The summed E-state index contributed by atoms with van der Waals surface area (Å²) in [5.74, 6) is 0.778. The molecule has 1 amide bonds. The molecule has 116 valence electrons. The number of rotatable bonds is 5. The SMILES string of the molecule is CCC(CC)(CN)NC(=O)C1Cc2cc(C)c(C)cc2O1. The topological polar surface area (TPSA) is 64.3 Å². The Kier molecular flexibility index (Phi) is 4.57. The van der Waals surface area contributed by atoms with Crippen LogP contribution in [0.1, 0.15) is 43.4 Å². The molecule has 0 radical (unpaired) electrons. The van der Waals surface area contributed by atoms with Gasteiger partial charge in [0.2, 0.25) is 0 Å². The Labute approximate surface area is 127 Å². The fraction of sp³-hybridized carbons (Fsp3) is 0.588. The Bertz CT molecular complexity index is 497. The average molecular weight is 290 g/mol. The summed E-state index contributed by atoms with van der Waals surface area (Å²) in [5.41, 5.74) is 9.06. The zero-order valence-corrected chi connectivity index (χ0v) is 13.5. The number of carbonyl (C=O) groups excluding carboxylic acids is 1. The van der Waals surface area contributed by atoms with E-state index in [1.807, 2.05) is 19.9 Å². The first-order valence-corrected chi connectivity index (χ1v) is 7.73. The van der Waals surface area contributed by atoms with Gasteiger partial charge in [-0.3, -0.25) is 4.79 Å². The van der Waals surface area contributed by atoms with E-state index in [9.17, 15) is 4.79 Å². The van der Waals surface area contributed by atoms with Crippen molar-refractivity contribution in [1.82, 2.24) is 5.32 Å². The highest BCUT2D eigenvalue weighted by Crippen LogP contribution is 2.31. The van der Waals surface area contributed by atoms with Crippen molar-refractivity contribution in [2.24, 2.45) is 5.73 Å². The van der Waals surface area contributed by atoms with Gasteiger partial charge >= 0.3 is 0 Å². The lowest BCUT2D eigenvalue weighted by molar-refractivity contribution is -0.129. The van der Waals surface area contributed by atoms with E-state index >= 15 is 0 Å². The van der Waals surface area contributed by atoms with Crippen LogP contribution >= 0.6 is 0 Å². The largest absolute Gasteiger partial charge is 0.480 e. The molecule has 4 nitrogen and oxygen atoms in total. The molecule has 4 heteroatoms. The average Bonchev–Trinajstić information content (AvgIpc) is 2.88. The number of nitrogens with two attached hydrogens (primary N) is 1. The Morgan fingerprint density at radius 3 is 2.52 bits per heavy atom. The summed E-state index contributed by atoms with van der Waals surface area (Å²) < 4.78 is 5.83. The predicted molar refractivity (Wildman–Crippen MR) is 84.5 cm³/mol. The molecule has 0 aliphatic carbocycles. The molecule has 1 aliphatic heterocycles. The monoisotopic (exact) mass is 290 g/mol. The number of hydrogen-bond acceptors (Lipinski definition) is 3. The van der Waals surface area contributed by atoms with E-state index in [-0.39, 0.29) is 11.4 Å². The minimum absolute atomic E-state index is 0.0596. The molecule has 1 aromatic carbocycles. The maximum absolute atomic E-state index is 12.5. The molecule has 1 aliphatic rings. The van der Waals surface area contributed by atoms with Gasteiger partial charge in [-0.25, -0.2) is 0 Å². The van der Waals surface area contributed by atoms with Gasteiger partial charge in [0.15, 0.2) is 6.10 Å². The number of hydrogen-bond donors (Lipinski definition) is 2. The molecule has 21 heavy (non-hydrogen) atoms. The standard InChI is InChI=1S/C17H26N2O2/c1-5-17(6-2,10-18)19-16(20)15-9-13-7-11(3)12(4)8-14(13)21-15/h7-8,15H,5-6,9-10,18H2,1-4H3,(H,19,20). The Morgan fingerprint density at radius 2 is 1.95 bits per heavy atom. The van der Waals surface area contributed by atoms with Crippen LogP contribution in [0.25, 0.3) is 0 Å². The van der Waals surface area contributed by atoms with E-state index in [1.54, 1.807) is 0 Å². The molecule has 0 aromatic heterocycles. The van der Waals surface area contributed by atoms with Gasteiger partial charge in [0, 0.05) is 13.0 Å². The summed E-state index contributed by atoms with van der Waals surface area (Å²) in [6.07, 6.45) is 1.84. The van der Waals surface area contributed by atoms with E-state index in [1.165, 1.54) is 11.1 Å². The van der Waals surface area contributed by atoms with E-state index < -0.39 is 6.10 Å². The van der Waals surface area contributed by atoms with Gasteiger partial charge in [-0.05, 0) is 49.4 Å². The van der Waals surface area contributed by atoms with Crippen molar-refractivity contribution in [2.75, 3.05) is 6.54 Å². The summed E-state index contributed by atoms with van der Waals surface area (Å²) in [5, 5.41) is 3.10. The van der Waals surface area contributed by atoms with Crippen LogP contribution in [-0.2, 0) is 11.2 Å². The van der Waals surface area contributed by atoms with Gasteiger partial charge in [0.1, 0.15) is 5.75 Å². The minimum Gasteiger partial charge on any atom is -0.480 e. The molecule has 1 atom stereocenters. The lowest BCUT2D eigenvalue weighted by Gasteiger charge is -2.32. The highest BCUT2D eigenvalue weighted by Gasteiger charge is 2.34. The molecular weight excluding hydrogens is 264 g/mol. The zero-order chi connectivity index (χ0) is 15.6. The van der Waals surface area contributed by atoms with Gasteiger partial charge < -0.3 is 15.8 Å². The lowest BCUT2D eigenvalue weighted by Crippen LogP contribution is -2.56. The first-order valence-electron chi connectivity index (χ1n) is 7.73. The first kappa shape index (κ1) is 15.8. The number of ether oxygens (including phenoxy) is 1. The van der Waals surface area contributed by atoms with Crippen molar-refractivity contribution < 1.29 is 9.53 Å². The number of fused-ring (bicyclic) bond motifs is 1. The minimum atomic E-state index is -0.440. The summed E-state index contributed by atoms with van der Waals surface area (Å²) in [6, 6.07) is 4.14. The number of carbonyl (C=O) groups is 1. The maximum atomic E-state index is 12.5. The van der Waals surface area contributed by atoms with Crippen LogP contribution in [0, 0.1) is 13.8 Å². The Balaban J connectivity index is 2.10. The molecule has 0 spiro atoms. The van der Waals surface area contributed by atoms with Crippen LogP contribution in [0.15, 0.2) is 12.1 Å². The maximum Gasteiger partial charge on any atom is 0.261 e. The van der Waals surface area contributed by atoms with Gasteiger partial charge in [-0.15, -0.1) is 0 Å². The van der Waals surface area contributed by atoms with Crippen LogP contribution in [0.4, 0.5) is 0 Å². The van der Waals surface area contributed by atoms with Crippen LogP contribution in [0.5, 0.6) is 5.75 Å². The molecule has 0 saturated heterocycles. The number of amides is 1. The smallest absolute Gasteiger partial charge is 0.261 e. The molecule has 0 saturated carbocycles. The summed E-state index contributed by atoms with van der Waals surface area (Å²) >= 11 is 0. The third-order valence-corrected chi connectivity index (χ3v) is 4.78. The van der Waals surface area contributed by atoms with Crippen molar-refractivity contribution >= 4 is 5.91 Å². The molecule has 1 heterocycles. The van der Waals surface area contributed by atoms with Crippen molar-refractivity contribution in [3.05, 3.63) is 28.8 Å².